The molecule has 2 aromatic heterocycles. The molecule has 1 saturated heterocycles. The number of amides is 1. The lowest BCUT2D eigenvalue weighted by molar-refractivity contribution is -0.139. The highest BCUT2D eigenvalue weighted by Gasteiger charge is 2.64. The Morgan fingerprint density at radius 1 is 1.09 bits per heavy atom. The van der Waals surface area contributed by atoms with Crippen molar-refractivity contribution in [3.8, 4) is 11.1 Å². The van der Waals surface area contributed by atoms with Crippen LogP contribution in [0.15, 0.2) is 42.7 Å². The second-order valence-corrected chi connectivity index (χ2v) is 13.7. The van der Waals surface area contributed by atoms with Gasteiger partial charge in [-0.1, -0.05) is 44.5 Å². The van der Waals surface area contributed by atoms with Gasteiger partial charge >= 0.3 is 0 Å². The molecule has 0 radical (unpaired) electrons. The Kier molecular flexibility index (Phi) is 7.23. The van der Waals surface area contributed by atoms with Gasteiger partial charge in [0, 0.05) is 42.7 Å². The van der Waals surface area contributed by atoms with Crippen LogP contribution in [0.5, 0.6) is 0 Å². The van der Waals surface area contributed by atoms with E-state index in [9.17, 15) is 18.8 Å². The van der Waals surface area contributed by atoms with E-state index in [0.717, 1.165) is 23.1 Å². The van der Waals surface area contributed by atoms with E-state index in [4.69, 9.17) is 11.6 Å². The Morgan fingerprint density at radius 3 is 2.48 bits per heavy atom. The minimum atomic E-state index is -0.819. The molecule has 2 aliphatic rings. The van der Waals surface area contributed by atoms with Crippen LogP contribution in [-0.4, -0.2) is 54.2 Å². The van der Waals surface area contributed by atoms with E-state index >= 15 is 0 Å². The highest BCUT2D eigenvalue weighted by molar-refractivity contribution is 6.30. The van der Waals surface area contributed by atoms with Crippen LogP contribution in [0.4, 0.5) is 4.39 Å². The molecule has 0 N–H and O–H groups in total. The summed E-state index contributed by atoms with van der Waals surface area (Å²) in [6.45, 7) is 10.8. The molecule has 228 valence electrons. The molecule has 2 fully saturated rings. The molecule has 0 spiro atoms. The lowest BCUT2D eigenvalue weighted by Crippen LogP contribution is -2.46. The molecule has 1 aliphatic carbocycles. The summed E-state index contributed by atoms with van der Waals surface area (Å²) in [7, 11) is 0. The van der Waals surface area contributed by atoms with Crippen molar-refractivity contribution in [2.45, 2.75) is 84.8 Å². The fourth-order valence-corrected chi connectivity index (χ4v) is 7.08. The standard InChI is InChI=1S/C34H35ClFN5O3/c1-18-10-21(22-15-37-20(3)38-16-22)11-23-31(19(2)42)39-40(32(18)23)17-29(44)41-26(12-34(6)14-28(34)41)27(43)13-33(4,5)24-8-7-9-25(35)30(24)36/h7-11,15-16,26,28H,12-14,17H2,1-6H3/t26-,28+,34-/m0/s1. The van der Waals surface area contributed by atoms with Gasteiger partial charge in [-0.05, 0) is 72.4 Å². The average molecular weight is 616 g/mol. The molecule has 1 amide bonds. The fraction of sp³-hybridized carbons (Fsp3) is 0.412. The molecular formula is C34H35ClFN5O3. The topological polar surface area (TPSA) is 98.1 Å². The van der Waals surface area contributed by atoms with Crippen LogP contribution in [0, 0.1) is 25.1 Å². The van der Waals surface area contributed by atoms with E-state index in [2.05, 4.69) is 22.0 Å². The zero-order valence-corrected chi connectivity index (χ0v) is 26.5. The maximum atomic E-state index is 14.9. The Morgan fingerprint density at radius 2 is 1.80 bits per heavy atom. The SMILES string of the molecule is CC(=O)c1nn(CC(=O)N2[C@H](C(=O)CC(C)(C)c3cccc(Cl)c3F)C[C@@]3(C)C[C@@H]23)c2c(C)cc(-c3cnc(C)nc3)cc12. The number of hydrogen-bond donors (Lipinski definition) is 0. The summed E-state index contributed by atoms with van der Waals surface area (Å²) in [6.07, 6.45) is 4.93. The van der Waals surface area contributed by atoms with Gasteiger partial charge in [0.2, 0.25) is 5.91 Å². The van der Waals surface area contributed by atoms with Crippen LogP contribution < -0.4 is 0 Å². The zero-order chi connectivity index (χ0) is 31.7. The fourth-order valence-electron chi connectivity index (χ4n) is 6.91. The first-order valence-electron chi connectivity index (χ1n) is 14.8. The number of aryl methyl sites for hydroxylation is 2. The number of piperidine rings is 1. The van der Waals surface area contributed by atoms with Crippen molar-refractivity contribution >= 4 is 40.0 Å². The molecule has 0 bridgehead atoms. The summed E-state index contributed by atoms with van der Waals surface area (Å²) in [6, 6.07) is 8.02. The van der Waals surface area contributed by atoms with Gasteiger partial charge in [-0.3, -0.25) is 19.1 Å². The van der Waals surface area contributed by atoms with Crippen LogP contribution in [0.25, 0.3) is 22.0 Å². The number of ketones is 2. The van der Waals surface area contributed by atoms with Gasteiger partial charge in [0.15, 0.2) is 11.6 Å². The highest BCUT2D eigenvalue weighted by atomic mass is 35.5. The summed E-state index contributed by atoms with van der Waals surface area (Å²) in [5.41, 5.74) is 2.91. The molecule has 4 aromatic rings. The van der Waals surface area contributed by atoms with Gasteiger partial charge in [-0.15, -0.1) is 0 Å². The molecule has 6 rings (SSSR count). The van der Waals surface area contributed by atoms with Crippen molar-refractivity contribution in [1.29, 1.82) is 0 Å². The van der Waals surface area contributed by atoms with Crippen molar-refractivity contribution < 1.29 is 18.8 Å². The number of hydrogen-bond acceptors (Lipinski definition) is 6. The third kappa shape index (κ3) is 5.11. The summed E-state index contributed by atoms with van der Waals surface area (Å²) < 4.78 is 16.5. The Hall–Kier alpha value is -3.98. The molecule has 1 saturated carbocycles. The van der Waals surface area contributed by atoms with E-state index in [0.29, 0.717) is 28.7 Å². The van der Waals surface area contributed by atoms with Crippen molar-refractivity contribution in [3.05, 3.63) is 76.2 Å². The number of nitrogens with zero attached hydrogens (tertiary/aromatic N) is 5. The van der Waals surface area contributed by atoms with Crippen LogP contribution in [0.2, 0.25) is 5.02 Å². The first kappa shape index (κ1) is 30.1. The number of likely N-dealkylation sites (tertiary alicyclic amines) is 1. The molecule has 0 unspecified atom stereocenters. The molecule has 3 atom stereocenters. The largest absolute Gasteiger partial charge is 0.327 e. The number of benzene rings is 2. The van der Waals surface area contributed by atoms with Gasteiger partial charge in [-0.2, -0.15) is 5.10 Å². The Balaban J connectivity index is 1.30. The number of carbonyl (C=O) groups is 3. The zero-order valence-electron chi connectivity index (χ0n) is 25.7. The van der Waals surface area contributed by atoms with Crippen molar-refractivity contribution in [2.75, 3.05) is 0 Å². The second kappa shape index (κ2) is 10.6. The maximum Gasteiger partial charge on any atom is 0.245 e. The first-order chi connectivity index (χ1) is 20.7. The number of rotatable bonds is 8. The summed E-state index contributed by atoms with van der Waals surface area (Å²) in [5.74, 6) is -0.407. The third-order valence-corrected chi connectivity index (χ3v) is 9.65. The number of carbonyl (C=O) groups excluding carboxylic acids is 3. The van der Waals surface area contributed by atoms with Crippen LogP contribution in [-0.2, 0) is 21.5 Å². The first-order valence-corrected chi connectivity index (χ1v) is 15.2. The van der Waals surface area contributed by atoms with Crippen LogP contribution in [0.1, 0.15) is 74.4 Å². The van der Waals surface area contributed by atoms with Gasteiger partial charge < -0.3 is 4.90 Å². The van der Waals surface area contributed by atoms with Gasteiger partial charge in [0.1, 0.15) is 23.9 Å². The normalized spacial score (nSPS) is 21.0. The molecule has 44 heavy (non-hydrogen) atoms. The number of aromatic nitrogens is 4. The predicted molar refractivity (Wildman–Crippen MR) is 166 cm³/mol. The highest BCUT2D eigenvalue weighted by Crippen LogP contribution is 2.59. The smallest absolute Gasteiger partial charge is 0.245 e. The maximum absolute atomic E-state index is 14.9. The molecule has 3 heterocycles. The minimum Gasteiger partial charge on any atom is -0.327 e. The Labute approximate surface area is 260 Å². The quantitative estimate of drug-likeness (QED) is 0.212. The van der Waals surface area contributed by atoms with Crippen molar-refractivity contribution in [2.24, 2.45) is 5.41 Å². The molecular weight excluding hydrogens is 581 g/mol. The van der Waals surface area contributed by atoms with E-state index in [-0.39, 0.29) is 52.6 Å². The monoisotopic (exact) mass is 615 g/mol. The predicted octanol–water partition coefficient (Wildman–Crippen LogP) is 6.42. The Bertz CT molecular complexity index is 1850. The number of halogens is 2. The number of Topliss-reactive ketones (excluding diaryl/α,β-unsaturated/α-hetero) is 2. The van der Waals surface area contributed by atoms with Crippen LogP contribution >= 0.6 is 11.6 Å². The summed E-state index contributed by atoms with van der Waals surface area (Å²) in [4.78, 5) is 50.9. The van der Waals surface area contributed by atoms with E-state index in [1.54, 1.807) is 34.1 Å². The van der Waals surface area contributed by atoms with E-state index < -0.39 is 17.3 Å². The second-order valence-electron chi connectivity index (χ2n) is 13.3. The van der Waals surface area contributed by atoms with Crippen LogP contribution in [0.3, 0.4) is 0 Å². The lowest BCUT2D eigenvalue weighted by Gasteiger charge is -2.31. The van der Waals surface area contributed by atoms with E-state index in [1.165, 1.54) is 13.0 Å². The van der Waals surface area contributed by atoms with Crippen molar-refractivity contribution in [3.63, 3.8) is 0 Å². The summed E-state index contributed by atoms with van der Waals surface area (Å²) >= 11 is 6.04. The molecule has 8 nitrogen and oxygen atoms in total. The van der Waals surface area contributed by atoms with E-state index in [1.807, 2.05) is 39.8 Å². The van der Waals surface area contributed by atoms with Gasteiger partial charge in [-0.25, -0.2) is 14.4 Å². The lowest BCUT2D eigenvalue weighted by atomic mass is 9.78. The third-order valence-electron chi connectivity index (χ3n) is 9.36. The molecule has 2 aromatic carbocycles. The average Bonchev–Trinajstić information content (AvgIpc) is 3.30. The number of fused-ring (bicyclic) bond motifs is 2. The minimum absolute atomic E-state index is 0.0143. The molecule has 1 aliphatic heterocycles. The van der Waals surface area contributed by atoms with Gasteiger partial charge in [0.25, 0.3) is 0 Å². The molecule has 10 heteroatoms. The summed E-state index contributed by atoms with van der Waals surface area (Å²) in [5, 5.41) is 5.27. The van der Waals surface area contributed by atoms with Crippen molar-refractivity contribution in [1.82, 2.24) is 24.6 Å². The van der Waals surface area contributed by atoms with Gasteiger partial charge in [0.05, 0.1) is 16.6 Å².